The second-order valence-electron chi connectivity index (χ2n) is 3.90. The lowest BCUT2D eigenvalue weighted by atomic mass is 10.2. The predicted molar refractivity (Wildman–Crippen MR) is 70.1 cm³/mol. The van der Waals surface area contributed by atoms with Crippen LogP contribution >= 0.6 is 15.9 Å². The van der Waals surface area contributed by atoms with E-state index in [1.165, 1.54) is 0 Å². The molecule has 0 fully saturated rings. The summed E-state index contributed by atoms with van der Waals surface area (Å²) in [6.07, 6.45) is 0. The van der Waals surface area contributed by atoms with Gasteiger partial charge in [0.05, 0.1) is 30.8 Å². The highest BCUT2D eigenvalue weighted by Crippen LogP contribution is 2.26. The average Bonchev–Trinajstić information content (AvgIpc) is 2.31. The summed E-state index contributed by atoms with van der Waals surface area (Å²) < 4.78 is 6.05. The van der Waals surface area contributed by atoms with E-state index in [9.17, 15) is 0 Å². The SMILES string of the molecule is COc1ccc(CN(C)C(CO)CO)cc1Br. The second kappa shape index (κ2) is 6.96. The highest BCUT2D eigenvalue weighted by atomic mass is 79.9. The minimum Gasteiger partial charge on any atom is -0.496 e. The van der Waals surface area contributed by atoms with Gasteiger partial charge in [0.15, 0.2) is 0 Å². The molecule has 0 spiro atoms. The van der Waals surface area contributed by atoms with Gasteiger partial charge in [0.2, 0.25) is 0 Å². The van der Waals surface area contributed by atoms with Crippen LogP contribution in [-0.2, 0) is 6.54 Å². The van der Waals surface area contributed by atoms with E-state index < -0.39 is 0 Å². The molecule has 0 atom stereocenters. The molecular weight excluding hydrogens is 286 g/mol. The molecule has 0 saturated heterocycles. The Morgan fingerprint density at radius 3 is 2.47 bits per heavy atom. The van der Waals surface area contributed by atoms with Crippen LogP contribution in [0.25, 0.3) is 0 Å². The number of halogens is 1. The molecule has 0 heterocycles. The van der Waals surface area contributed by atoms with E-state index in [2.05, 4.69) is 15.9 Å². The molecule has 4 nitrogen and oxygen atoms in total. The number of ether oxygens (including phenoxy) is 1. The van der Waals surface area contributed by atoms with E-state index in [4.69, 9.17) is 14.9 Å². The van der Waals surface area contributed by atoms with E-state index in [0.29, 0.717) is 6.54 Å². The summed E-state index contributed by atoms with van der Waals surface area (Å²) in [7, 11) is 3.49. The maximum absolute atomic E-state index is 9.08. The molecule has 5 heteroatoms. The fourth-order valence-corrected chi connectivity index (χ4v) is 2.15. The van der Waals surface area contributed by atoms with E-state index >= 15 is 0 Å². The molecule has 0 amide bonds. The molecular formula is C12H18BrNO3. The standard InChI is InChI=1S/C12H18BrNO3/c1-14(10(7-15)8-16)6-9-3-4-12(17-2)11(13)5-9/h3-5,10,15-16H,6-8H2,1-2H3. The van der Waals surface area contributed by atoms with E-state index in [-0.39, 0.29) is 19.3 Å². The lowest BCUT2D eigenvalue weighted by Crippen LogP contribution is -2.37. The van der Waals surface area contributed by atoms with Gasteiger partial charge >= 0.3 is 0 Å². The second-order valence-corrected chi connectivity index (χ2v) is 4.76. The fraction of sp³-hybridized carbons (Fsp3) is 0.500. The fourth-order valence-electron chi connectivity index (χ4n) is 1.56. The molecule has 0 aliphatic rings. The molecule has 17 heavy (non-hydrogen) atoms. The van der Waals surface area contributed by atoms with Gasteiger partial charge in [-0.15, -0.1) is 0 Å². The van der Waals surface area contributed by atoms with Crippen LogP contribution in [0, 0.1) is 0 Å². The molecule has 2 N–H and O–H groups in total. The molecule has 1 aromatic carbocycles. The van der Waals surface area contributed by atoms with Crippen molar-refractivity contribution >= 4 is 15.9 Å². The molecule has 96 valence electrons. The zero-order chi connectivity index (χ0) is 12.8. The van der Waals surface area contributed by atoms with Crippen molar-refractivity contribution in [2.75, 3.05) is 27.4 Å². The topological polar surface area (TPSA) is 52.9 Å². The van der Waals surface area contributed by atoms with Crippen molar-refractivity contribution < 1.29 is 14.9 Å². The first-order valence-electron chi connectivity index (χ1n) is 5.36. The molecule has 1 aromatic rings. The van der Waals surface area contributed by atoms with Gasteiger partial charge in [0.25, 0.3) is 0 Å². The first-order chi connectivity index (χ1) is 8.12. The number of methoxy groups -OCH3 is 1. The number of hydrogen-bond acceptors (Lipinski definition) is 4. The third kappa shape index (κ3) is 3.96. The molecule has 0 aromatic heterocycles. The van der Waals surface area contributed by atoms with Gasteiger partial charge in [-0.2, -0.15) is 0 Å². The van der Waals surface area contributed by atoms with Gasteiger partial charge < -0.3 is 14.9 Å². The summed E-state index contributed by atoms with van der Waals surface area (Å²) in [4.78, 5) is 1.91. The van der Waals surface area contributed by atoms with Crippen LogP contribution in [0.5, 0.6) is 5.75 Å². The molecule has 0 saturated carbocycles. The van der Waals surface area contributed by atoms with E-state index in [1.54, 1.807) is 7.11 Å². The minimum atomic E-state index is -0.226. The third-order valence-electron chi connectivity index (χ3n) is 2.69. The van der Waals surface area contributed by atoms with Crippen molar-refractivity contribution in [2.24, 2.45) is 0 Å². The van der Waals surface area contributed by atoms with E-state index in [1.807, 2.05) is 30.1 Å². The predicted octanol–water partition coefficient (Wildman–Crippen LogP) is 1.24. The van der Waals surface area contributed by atoms with Crippen molar-refractivity contribution in [1.29, 1.82) is 0 Å². The normalized spacial score (nSPS) is 11.2. The molecule has 0 unspecified atom stereocenters. The van der Waals surface area contributed by atoms with Crippen molar-refractivity contribution in [3.05, 3.63) is 28.2 Å². The summed E-state index contributed by atoms with van der Waals surface area (Å²) in [5, 5.41) is 18.2. The number of benzene rings is 1. The summed E-state index contributed by atoms with van der Waals surface area (Å²) in [5.74, 6) is 0.789. The lowest BCUT2D eigenvalue weighted by Gasteiger charge is -2.24. The number of rotatable bonds is 6. The maximum Gasteiger partial charge on any atom is 0.133 e. The zero-order valence-electron chi connectivity index (χ0n) is 10.1. The molecule has 0 radical (unpaired) electrons. The first-order valence-corrected chi connectivity index (χ1v) is 6.16. The minimum absolute atomic E-state index is 0.0513. The van der Waals surface area contributed by atoms with Crippen LogP contribution in [0.2, 0.25) is 0 Å². The van der Waals surface area contributed by atoms with Gasteiger partial charge in [-0.05, 0) is 40.7 Å². The number of nitrogens with zero attached hydrogens (tertiary/aromatic N) is 1. The van der Waals surface area contributed by atoms with Crippen LogP contribution in [-0.4, -0.2) is 48.5 Å². The molecule has 0 aliphatic heterocycles. The Kier molecular flexibility index (Phi) is 5.91. The zero-order valence-corrected chi connectivity index (χ0v) is 11.6. The summed E-state index contributed by atoms with van der Waals surface area (Å²) in [5.41, 5.74) is 1.09. The number of hydrogen-bond donors (Lipinski definition) is 2. The van der Waals surface area contributed by atoms with Crippen molar-refractivity contribution in [3.8, 4) is 5.75 Å². The molecule has 0 aliphatic carbocycles. The largest absolute Gasteiger partial charge is 0.496 e. The average molecular weight is 304 g/mol. The van der Waals surface area contributed by atoms with Crippen molar-refractivity contribution in [1.82, 2.24) is 4.90 Å². The van der Waals surface area contributed by atoms with Crippen LogP contribution < -0.4 is 4.74 Å². The lowest BCUT2D eigenvalue weighted by molar-refractivity contribution is 0.0873. The quantitative estimate of drug-likeness (QED) is 0.830. The highest BCUT2D eigenvalue weighted by Gasteiger charge is 2.13. The van der Waals surface area contributed by atoms with Gasteiger partial charge in [0, 0.05) is 6.54 Å². The van der Waals surface area contributed by atoms with Crippen LogP contribution in [0.15, 0.2) is 22.7 Å². The van der Waals surface area contributed by atoms with Crippen molar-refractivity contribution in [2.45, 2.75) is 12.6 Å². The Labute approximate surface area is 110 Å². The monoisotopic (exact) mass is 303 g/mol. The highest BCUT2D eigenvalue weighted by molar-refractivity contribution is 9.10. The first kappa shape index (κ1) is 14.4. The smallest absolute Gasteiger partial charge is 0.133 e. The Morgan fingerprint density at radius 2 is 2.00 bits per heavy atom. The summed E-state index contributed by atoms with van der Waals surface area (Å²) >= 11 is 3.43. The molecule has 0 bridgehead atoms. The number of aliphatic hydroxyl groups excluding tert-OH is 2. The van der Waals surface area contributed by atoms with Gasteiger partial charge in [-0.25, -0.2) is 0 Å². The molecule has 1 rings (SSSR count). The van der Waals surface area contributed by atoms with Gasteiger partial charge in [-0.1, -0.05) is 6.07 Å². The number of likely N-dealkylation sites (N-methyl/N-ethyl adjacent to an activating group) is 1. The van der Waals surface area contributed by atoms with Crippen molar-refractivity contribution in [3.63, 3.8) is 0 Å². The Balaban J connectivity index is 2.71. The van der Waals surface area contributed by atoms with Crippen LogP contribution in [0.4, 0.5) is 0 Å². The maximum atomic E-state index is 9.08. The summed E-state index contributed by atoms with van der Waals surface area (Å²) in [6, 6.07) is 5.60. The van der Waals surface area contributed by atoms with Gasteiger partial charge in [0.1, 0.15) is 5.75 Å². The summed E-state index contributed by atoms with van der Waals surface area (Å²) in [6.45, 7) is 0.559. The van der Waals surface area contributed by atoms with Crippen LogP contribution in [0.3, 0.4) is 0 Å². The third-order valence-corrected chi connectivity index (χ3v) is 3.31. The Bertz CT molecular complexity index is 356. The Hall–Kier alpha value is -0.620. The number of aliphatic hydroxyl groups is 2. The van der Waals surface area contributed by atoms with Gasteiger partial charge in [-0.3, -0.25) is 4.90 Å². The Morgan fingerprint density at radius 1 is 1.35 bits per heavy atom. The van der Waals surface area contributed by atoms with Crippen LogP contribution in [0.1, 0.15) is 5.56 Å². The van der Waals surface area contributed by atoms with E-state index in [0.717, 1.165) is 15.8 Å².